The Hall–Kier alpha value is 1.38. The molecule has 0 radical (unpaired) electrons. The van der Waals surface area contributed by atoms with Gasteiger partial charge >= 0.3 is 0 Å². The molecule has 0 aromatic rings. The molecule has 7 heavy (non-hydrogen) atoms. The van der Waals surface area contributed by atoms with Crippen LogP contribution in [0.5, 0.6) is 0 Å². The minimum atomic E-state index is 0. The van der Waals surface area contributed by atoms with Gasteiger partial charge in [-0.2, -0.15) is 5.41 Å². The molecule has 0 aliphatic rings. The van der Waals surface area contributed by atoms with Crippen molar-refractivity contribution in [1.82, 2.24) is 0 Å². The van der Waals surface area contributed by atoms with Crippen LogP contribution in [0.2, 0.25) is 0 Å². The van der Waals surface area contributed by atoms with E-state index in [1.54, 1.807) is 0 Å². The maximum absolute atomic E-state index is 3.77. The van der Waals surface area contributed by atoms with Gasteiger partial charge in [-0.3, -0.25) is 0 Å². The van der Waals surface area contributed by atoms with Gasteiger partial charge in [-0.05, 0) is 0 Å². The summed E-state index contributed by atoms with van der Waals surface area (Å²) in [5.74, 6) is 0. The Morgan fingerprint density at radius 1 is 1.00 bits per heavy atom. The molecule has 0 rings (SSSR count). The van der Waals surface area contributed by atoms with Crippen LogP contribution in [0.1, 0.15) is 20.8 Å². The molecule has 2 heteroatoms. The average molecular weight is 461 g/mol. The molecule has 0 aliphatic carbocycles. The van der Waals surface area contributed by atoms with Crippen molar-refractivity contribution in [2.75, 3.05) is 0 Å². The van der Waals surface area contributed by atoms with Crippen molar-refractivity contribution in [3.63, 3.8) is 0 Å². The van der Waals surface area contributed by atoms with Gasteiger partial charge in [0.25, 0.3) is 0 Å². The SMILES string of the molecule is [CH2-]C(C)(C)C.[Pt].[Pt]. The van der Waals surface area contributed by atoms with Crippen LogP contribution < -0.4 is 0 Å². The van der Waals surface area contributed by atoms with Crippen molar-refractivity contribution in [3.05, 3.63) is 6.92 Å². The molecular formula is C5H11Pt2-. The van der Waals surface area contributed by atoms with Gasteiger partial charge in [0.1, 0.15) is 0 Å². The van der Waals surface area contributed by atoms with Crippen LogP contribution in [0, 0.1) is 12.3 Å². The molecule has 0 nitrogen and oxygen atoms in total. The van der Waals surface area contributed by atoms with E-state index in [2.05, 4.69) is 27.7 Å². The largest absolute Gasteiger partial charge is 0.338 e. The fourth-order valence-electron chi connectivity index (χ4n) is 0. The Morgan fingerprint density at radius 3 is 1.00 bits per heavy atom. The summed E-state index contributed by atoms with van der Waals surface area (Å²) in [5, 5.41) is 0. The van der Waals surface area contributed by atoms with Gasteiger partial charge in [-0.25, -0.2) is 0 Å². The van der Waals surface area contributed by atoms with Gasteiger partial charge in [-0.15, -0.1) is 0 Å². The second-order valence-electron chi connectivity index (χ2n) is 2.56. The zero-order valence-corrected chi connectivity index (χ0v) is 9.38. The monoisotopic (exact) mass is 461 g/mol. The topological polar surface area (TPSA) is 0 Å². The van der Waals surface area contributed by atoms with E-state index in [0.29, 0.717) is 0 Å². The zero-order chi connectivity index (χ0) is 4.50. The van der Waals surface area contributed by atoms with Crippen LogP contribution in [-0.4, -0.2) is 0 Å². The molecule has 0 heterocycles. The third kappa shape index (κ3) is 113. The number of hydrogen-bond donors (Lipinski definition) is 0. The molecule has 0 saturated heterocycles. The van der Waals surface area contributed by atoms with Gasteiger partial charge in [-0.1, -0.05) is 20.8 Å². The first-order chi connectivity index (χ1) is 2.00. The quantitative estimate of drug-likeness (QED) is 0.484. The second-order valence-corrected chi connectivity index (χ2v) is 2.56. The summed E-state index contributed by atoms with van der Waals surface area (Å²) in [6.45, 7) is 10.0. The number of rotatable bonds is 0. The summed E-state index contributed by atoms with van der Waals surface area (Å²) >= 11 is 0. The van der Waals surface area contributed by atoms with Crippen molar-refractivity contribution in [1.29, 1.82) is 0 Å². The molecule has 0 fully saturated rings. The first kappa shape index (κ1) is 15.8. The third-order valence-electron chi connectivity index (χ3n) is 0. The average Bonchev–Trinajstić information content (AvgIpc) is 0.722. The maximum atomic E-state index is 3.77. The molecule has 52 valence electrons. The zero-order valence-electron chi connectivity index (χ0n) is 4.84. The first-order valence-corrected chi connectivity index (χ1v) is 1.85. The van der Waals surface area contributed by atoms with E-state index in [1.807, 2.05) is 0 Å². The van der Waals surface area contributed by atoms with E-state index in [1.165, 1.54) is 0 Å². The van der Waals surface area contributed by atoms with Gasteiger partial charge in [0.05, 0.1) is 0 Å². The summed E-state index contributed by atoms with van der Waals surface area (Å²) in [6.07, 6.45) is 0. The smallest absolute Gasteiger partial charge is 0 e. The summed E-state index contributed by atoms with van der Waals surface area (Å²) < 4.78 is 0. The van der Waals surface area contributed by atoms with Gasteiger partial charge in [0, 0.05) is 42.1 Å². The van der Waals surface area contributed by atoms with Crippen LogP contribution in [0.15, 0.2) is 0 Å². The molecule has 0 N–H and O–H groups in total. The Balaban J connectivity index is -0.0000000800. The molecule has 0 bridgehead atoms. The molecule has 0 spiro atoms. The third-order valence-corrected chi connectivity index (χ3v) is 0. The summed E-state index contributed by atoms with van der Waals surface area (Å²) in [7, 11) is 0. The summed E-state index contributed by atoms with van der Waals surface area (Å²) in [5.41, 5.74) is 0.250. The molecular weight excluding hydrogens is 450 g/mol. The molecule has 0 aliphatic heterocycles. The van der Waals surface area contributed by atoms with Gasteiger partial charge in [0.2, 0.25) is 0 Å². The van der Waals surface area contributed by atoms with Crippen LogP contribution >= 0.6 is 0 Å². The Morgan fingerprint density at radius 2 is 1.00 bits per heavy atom. The predicted molar refractivity (Wildman–Crippen MR) is 24.8 cm³/mol. The van der Waals surface area contributed by atoms with Crippen molar-refractivity contribution in [2.24, 2.45) is 5.41 Å². The normalized spacial score (nSPS) is 8.57. The summed E-state index contributed by atoms with van der Waals surface area (Å²) in [6, 6.07) is 0. The Kier molecular flexibility index (Phi) is 12.4. The Labute approximate surface area is 75.0 Å². The fraction of sp³-hybridized carbons (Fsp3) is 0.800. The second kappa shape index (κ2) is 5.51. The van der Waals surface area contributed by atoms with Crippen LogP contribution in [-0.2, 0) is 42.1 Å². The standard InChI is InChI=1S/C5H11.2Pt/c1-5(2,3)4;;/h1H2,2-4H3;;/q-1;;. The van der Waals surface area contributed by atoms with Gasteiger partial charge in [0.15, 0.2) is 0 Å². The van der Waals surface area contributed by atoms with E-state index in [0.717, 1.165) is 0 Å². The molecule has 0 aromatic carbocycles. The van der Waals surface area contributed by atoms with E-state index in [4.69, 9.17) is 0 Å². The van der Waals surface area contributed by atoms with Crippen molar-refractivity contribution < 1.29 is 42.1 Å². The van der Waals surface area contributed by atoms with E-state index >= 15 is 0 Å². The van der Waals surface area contributed by atoms with Crippen molar-refractivity contribution >= 4 is 0 Å². The maximum Gasteiger partial charge on any atom is 0 e. The van der Waals surface area contributed by atoms with Gasteiger partial charge < -0.3 is 6.92 Å². The molecule has 0 unspecified atom stereocenters. The van der Waals surface area contributed by atoms with Crippen LogP contribution in [0.25, 0.3) is 0 Å². The molecule has 0 amide bonds. The van der Waals surface area contributed by atoms with Crippen molar-refractivity contribution in [3.8, 4) is 0 Å². The fourth-order valence-corrected chi connectivity index (χ4v) is 0. The van der Waals surface area contributed by atoms with E-state index < -0.39 is 0 Å². The number of hydrogen-bond acceptors (Lipinski definition) is 0. The minimum Gasteiger partial charge on any atom is -0.338 e. The predicted octanol–water partition coefficient (Wildman–Crippen LogP) is 1.86. The van der Waals surface area contributed by atoms with Crippen molar-refractivity contribution in [2.45, 2.75) is 20.8 Å². The molecule has 0 saturated carbocycles. The Bertz CT molecular complexity index is 21.6. The first-order valence-electron chi connectivity index (χ1n) is 1.85. The van der Waals surface area contributed by atoms with E-state index in [9.17, 15) is 0 Å². The van der Waals surface area contributed by atoms with Crippen LogP contribution in [0.4, 0.5) is 0 Å². The molecule has 0 atom stereocenters. The van der Waals surface area contributed by atoms with E-state index in [-0.39, 0.29) is 47.5 Å². The molecule has 0 aromatic heterocycles. The summed E-state index contributed by atoms with van der Waals surface area (Å²) in [4.78, 5) is 0. The van der Waals surface area contributed by atoms with Crippen LogP contribution in [0.3, 0.4) is 0 Å². The minimum absolute atomic E-state index is 0.